The first kappa shape index (κ1) is 17.9. The number of nitro benzene ring substituents is 1. The average molecular weight is 438 g/mol. The van der Waals surface area contributed by atoms with Crippen LogP contribution in [-0.4, -0.2) is 21.2 Å². The first-order valence-corrected chi connectivity index (χ1v) is 8.97. The molecule has 0 aliphatic heterocycles. The quantitative estimate of drug-likeness (QED) is 0.253. The lowest BCUT2D eigenvalue weighted by molar-refractivity contribution is -0.385. The zero-order valence-corrected chi connectivity index (χ0v) is 15.8. The Labute approximate surface area is 167 Å². The second-order valence-electron chi connectivity index (χ2n) is 5.92. The fourth-order valence-corrected chi connectivity index (χ4v) is 3.12. The van der Waals surface area contributed by atoms with Crippen molar-refractivity contribution in [3.05, 3.63) is 80.8 Å². The standard InChI is InChI=1S/C20H12BrN3O4/c21-16-10-15(24(26)27)8-13(19(16)25)11-22-14-6-7-18-17(9-14)23-20(28-18)12-4-2-1-3-5-12/h1-11,25H. The average Bonchev–Trinajstić information content (AvgIpc) is 3.13. The fraction of sp³-hybridized carbons (Fsp3) is 0. The summed E-state index contributed by atoms with van der Waals surface area (Å²) in [5.74, 6) is 0.389. The van der Waals surface area contributed by atoms with Gasteiger partial charge in [-0.1, -0.05) is 18.2 Å². The minimum atomic E-state index is -0.534. The molecule has 4 aromatic rings. The predicted molar refractivity (Wildman–Crippen MR) is 109 cm³/mol. The summed E-state index contributed by atoms with van der Waals surface area (Å²) in [6, 6.07) is 17.3. The Morgan fingerprint density at radius 1 is 1.14 bits per heavy atom. The largest absolute Gasteiger partial charge is 0.506 e. The molecule has 4 rings (SSSR count). The number of aromatic hydroxyl groups is 1. The summed E-state index contributed by atoms with van der Waals surface area (Å²) in [6.45, 7) is 0. The van der Waals surface area contributed by atoms with Gasteiger partial charge in [0, 0.05) is 29.5 Å². The van der Waals surface area contributed by atoms with E-state index >= 15 is 0 Å². The normalized spacial score (nSPS) is 11.3. The van der Waals surface area contributed by atoms with E-state index < -0.39 is 4.92 Å². The molecule has 7 nitrogen and oxygen atoms in total. The van der Waals surface area contributed by atoms with Gasteiger partial charge < -0.3 is 9.52 Å². The lowest BCUT2D eigenvalue weighted by atomic mass is 10.2. The fourth-order valence-electron chi connectivity index (χ4n) is 2.65. The molecule has 0 radical (unpaired) electrons. The minimum absolute atomic E-state index is 0.122. The van der Waals surface area contributed by atoms with E-state index in [0.29, 0.717) is 22.7 Å². The molecule has 0 unspecified atom stereocenters. The highest BCUT2D eigenvalue weighted by Crippen LogP contribution is 2.32. The monoisotopic (exact) mass is 437 g/mol. The van der Waals surface area contributed by atoms with Gasteiger partial charge >= 0.3 is 0 Å². The van der Waals surface area contributed by atoms with Crippen LogP contribution >= 0.6 is 15.9 Å². The van der Waals surface area contributed by atoms with Gasteiger partial charge in [0.2, 0.25) is 5.89 Å². The number of hydrogen-bond acceptors (Lipinski definition) is 6. The second kappa shape index (κ2) is 7.24. The van der Waals surface area contributed by atoms with Gasteiger partial charge in [0.25, 0.3) is 5.69 Å². The summed E-state index contributed by atoms with van der Waals surface area (Å²) in [5, 5.41) is 21.1. The van der Waals surface area contributed by atoms with Crippen LogP contribution in [0.25, 0.3) is 22.6 Å². The van der Waals surface area contributed by atoms with Crippen molar-refractivity contribution in [1.82, 2.24) is 4.98 Å². The van der Waals surface area contributed by atoms with E-state index in [1.54, 1.807) is 18.2 Å². The summed E-state index contributed by atoms with van der Waals surface area (Å²) in [4.78, 5) is 19.2. The van der Waals surface area contributed by atoms with Crippen molar-refractivity contribution < 1.29 is 14.4 Å². The Kier molecular flexibility index (Phi) is 4.62. The topological polar surface area (TPSA) is 102 Å². The summed E-state index contributed by atoms with van der Waals surface area (Å²) >= 11 is 3.11. The Morgan fingerprint density at radius 3 is 2.68 bits per heavy atom. The van der Waals surface area contributed by atoms with Crippen LogP contribution in [0.4, 0.5) is 11.4 Å². The Balaban J connectivity index is 1.68. The van der Waals surface area contributed by atoms with Crippen LogP contribution in [0.15, 0.2) is 74.5 Å². The lowest BCUT2D eigenvalue weighted by Gasteiger charge is -2.02. The van der Waals surface area contributed by atoms with E-state index in [0.717, 1.165) is 5.56 Å². The Bertz CT molecular complexity index is 1220. The third-order valence-electron chi connectivity index (χ3n) is 4.03. The van der Waals surface area contributed by atoms with E-state index in [2.05, 4.69) is 25.9 Å². The summed E-state index contributed by atoms with van der Waals surface area (Å²) < 4.78 is 5.99. The third-order valence-corrected chi connectivity index (χ3v) is 4.64. The maximum atomic E-state index is 11.0. The van der Waals surface area contributed by atoms with Crippen molar-refractivity contribution in [2.24, 2.45) is 4.99 Å². The number of fused-ring (bicyclic) bond motifs is 1. The van der Waals surface area contributed by atoms with Crippen LogP contribution in [-0.2, 0) is 0 Å². The lowest BCUT2D eigenvalue weighted by Crippen LogP contribution is -1.91. The van der Waals surface area contributed by atoms with Gasteiger partial charge in [-0.05, 0) is 46.3 Å². The number of phenolic OH excluding ortho intramolecular Hbond substituents is 1. The number of non-ortho nitro benzene ring substituents is 1. The number of nitrogens with zero attached hydrogens (tertiary/aromatic N) is 3. The predicted octanol–water partition coefficient (Wildman–Crippen LogP) is 5.62. The maximum absolute atomic E-state index is 11.0. The van der Waals surface area contributed by atoms with Crippen LogP contribution in [0.5, 0.6) is 5.75 Å². The van der Waals surface area contributed by atoms with Crippen molar-refractivity contribution in [1.29, 1.82) is 0 Å². The van der Waals surface area contributed by atoms with Gasteiger partial charge in [0.05, 0.1) is 15.1 Å². The van der Waals surface area contributed by atoms with Gasteiger partial charge in [-0.3, -0.25) is 15.1 Å². The van der Waals surface area contributed by atoms with Gasteiger partial charge in [-0.25, -0.2) is 4.98 Å². The molecule has 8 heteroatoms. The molecule has 0 spiro atoms. The number of nitro groups is 1. The van der Waals surface area contributed by atoms with Crippen molar-refractivity contribution in [2.75, 3.05) is 0 Å². The number of rotatable bonds is 4. The number of aromatic nitrogens is 1. The number of benzene rings is 3. The molecule has 3 aromatic carbocycles. The van der Waals surface area contributed by atoms with Gasteiger partial charge in [-0.2, -0.15) is 0 Å². The van der Waals surface area contributed by atoms with E-state index in [-0.39, 0.29) is 21.5 Å². The molecule has 0 aliphatic carbocycles. The number of aliphatic imine (C=N–C) groups is 1. The van der Waals surface area contributed by atoms with Gasteiger partial charge in [0.15, 0.2) is 5.58 Å². The van der Waals surface area contributed by atoms with Crippen LogP contribution < -0.4 is 0 Å². The number of oxazole rings is 1. The molecule has 0 bridgehead atoms. The molecule has 1 N–H and O–H groups in total. The first-order valence-electron chi connectivity index (χ1n) is 8.18. The summed E-state index contributed by atoms with van der Waals surface area (Å²) in [5.41, 5.74) is 2.78. The Hall–Kier alpha value is -3.52. The molecular weight excluding hydrogens is 426 g/mol. The van der Waals surface area contributed by atoms with E-state index in [4.69, 9.17) is 4.42 Å². The van der Waals surface area contributed by atoms with Gasteiger partial charge in [-0.15, -0.1) is 0 Å². The summed E-state index contributed by atoms with van der Waals surface area (Å²) in [7, 11) is 0. The highest BCUT2D eigenvalue weighted by molar-refractivity contribution is 9.10. The van der Waals surface area contributed by atoms with Crippen LogP contribution in [0.1, 0.15) is 5.56 Å². The molecule has 0 amide bonds. The molecular formula is C20H12BrN3O4. The second-order valence-corrected chi connectivity index (χ2v) is 6.77. The highest BCUT2D eigenvalue weighted by Gasteiger charge is 2.14. The SMILES string of the molecule is O=[N+]([O-])c1cc(Br)c(O)c(C=Nc2ccc3oc(-c4ccccc4)nc3c2)c1. The van der Waals surface area contributed by atoms with Crippen molar-refractivity contribution in [2.45, 2.75) is 0 Å². The number of halogens is 1. The molecule has 0 saturated heterocycles. The molecule has 1 aromatic heterocycles. The number of hydrogen-bond donors (Lipinski definition) is 1. The van der Waals surface area contributed by atoms with Crippen molar-refractivity contribution >= 4 is 44.6 Å². The van der Waals surface area contributed by atoms with E-state index in [9.17, 15) is 15.2 Å². The highest BCUT2D eigenvalue weighted by atomic mass is 79.9. The van der Waals surface area contributed by atoms with Crippen LogP contribution in [0.3, 0.4) is 0 Å². The zero-order valence-electron chi connectivity index (χ0n) is 14.2. The first-order chi connectivity index (χ1) is 13.5. The molecule has 0 saturated carbocycles. The molecule has 0 aliphatic rings. The molecule has 28 heavy (non-hydrogen) atoms. The van der Waals surface area contributed by atoms with E-state index in [1.165, 1.54) is 18.3 Å². The number of phenols is 1. The summed E-state index contributed by atoms with van der Waals surface area (Å²) in [6.07, 6.45) is 1.37. The molecule has 0 atom stereocenters. The maximum Gasteiger partial charge on any atom is 0.271 e. The molecule has 0 fully saturated rings. The van der Waals surface area contributed by atoms with Crippen molar-refractivity contribution in [3.63, 3.8) is 0 Å². The third kappa shape index (κ3) is 3.49. The van der Waals surface area contributed by atoms with Gasteiger partial charge in [0.1, 0.15) is 11.3 Å². The van der Waals surface area contributed by atoms with Crippen LogP contribution in [0, 0.1) is 10.1 Å². The van der Waals surface area contributed by atoms with E-state index in [1.807, 2.05) is 30.3 Å². The Morgan fingerprint density at radius 2 is 1.93 bits per heavy atom. The smallest absolute Gasteiger partial charge is 0.271 e. The van der Waals surface area contributed by atoms with Crippen molar-refractivity contribution in [3.8, 4) is 17.2 Å². The van der Waals surface area contributed by atoms with Crippen LogP contribution in [0.2, 0.25) is 0 Å². The minimum Gasteiger partial charge on any atom is -0.506 e. The molecule has 138 valence electrons. The molecule has 1 heterocycles. The zero-order chi connectivity index (χ0) is 19.7.